The summed E-state index contributed by atoms with van der Waals surface area (Å²) in [5.74, 6) is -1.95. The predicted molar refractivity (Wildman–Crippen MR) is 116 cm³/mol. The monoisotopic (exact) mass is 468 g/mol. The van der Waals surface area contributed by atoms with E-state index in [1.54, 1.807) is 10.7 Å². The second kappa shape index (κ2) is 9.11. The van der Waals surface area contributed by atoms with E-state index in [0.29, 0.717) is 48.9 Å². The van der Waals surface area contributed by atoms with Crippen LogP contribution in [0.4, 0.5) is 13.2 Å². The molecule has 2 fully saturated rings. The topological polar surface area (TPSA) is 71.2 Å². The lowest BCUT2D eigenvalue weighted by atomic mass is 9.81. The van der Waals surface area contributed by atoms with Crippen LogP contribution in [0.2, 0.25) is 0 Å². The van der Waals surface area contributed by atoms with Crippen LogP contribution in [0.3, 0.4) is 0 Å². The number of carbonyl (C=O) groups excluding carboxylic acids is 1. The molecule has 2 aliphatic rings. The van der Waals surface area contributed by atoms with Gasteiger partial charge in [-0.25, -0.2) is 18.2 Å². The average molecular weight is 468 g/mol. The van der Waals surface area contributed by atoms with Crippen LogP contribution in [0.25, 0.3) is 10.9 Å². The zero-order valence-corrected chi connectivity index (χ0v) is 18.4. The van der Waals surface area contributed by atoms with Crippen molar-refractivity contribution in [3.8, 4) is 6.07 Å². The number of rotatable bonds is 4. The van der Waals surface area contributed by atoms with Gasteiger partial charge in [-0.1, -0.05) is 0 Å². The molecule has 0 radical (unpaired) electrons. The molecule has 3 aromatic rings. The molecule has 1 saturated carbocycles. The summed E-state index contributed by atoms with van der Waals surface area (Å²) in [6.07, 6.45) is 4.84. The number of fused-ring (bicyclic) bond motifs is 1. The molecule has 0 bridgehead atoms. The summed E-state index contributed by atoms with van der Waals surface area (Å²) in [6.45, 7) is 0.891. The van der Waals surface area contributed by atoms with Crippen LogP contribution in [0, 0.1) is 40.6 Å². The standard InChI is InChI=1S/C25H23F3N4O2/c26-19-9-18(10-20(27)11-19)23-5-6-34-32(23)25(33)17-3-1-15(2-4-17)14-31-24-8-16(12-29)7-22(28)21(24)13-30-31/h7-11,13,15,17,23H,1-6,14H2/t15-,17-,23-/m0/s1. The largest absolute Gasteiger partial charge is 0.272 e. The maximum Gasteiger partial charge on any atom is 0.249 e. The summed E-state index contributed by atoms with van der Waals surface area (Å²) in [5.41, 5.74) is 1.23. The zero-order valence-electron chi connectivity index (χ0n) is 18.4. The Hall–Kier alpha value is -3.38. The van der Waals surface area contributed by atoms with Gasteiger partial charge in [-0.15, -0.1) is 0 Å². The van der Waals surface area contributed by atoms with Crippen LogP contribution in [-0.4, -0.2) is 27.4 Å². The van der Waals surface area contributed by atoms with Gasteiger partial charge in [0, 0.05) is 24.9 Å². The van der Waals surface area contributed by atoms with Crippen LogP contribution in [0.5, 0.6) is 0 Å². The van der Waals surface area contributed by atoms with Gasteiger partial charge in [0.05, 0.1) is 41.4 Å². The van der Waals surface area contributed by atoms with E-state index in [0.717, 1.165) is 18.9 Å². The molecule has 0 unspecified atom stereocenters. The summed E-state index contributed by atoms with van der Waals surface area (Å²) >= 11 is 0. The van der Waals surface area contributed by atoms with E-state index in [-0.39, 0.29) is 23.3 Å². The fourth-order valence-electron chi connectivity index (χ4n) is 5.12. The molecule has 9 heteroatoms. The highest BCUT2D eigenvalue weighted by Gasteiger charge is 2.37. The quantitative estimate of drug-likeness (QED) is 0.538. The number of amides is 1. The second-order valence-corrected chi connectivity index (χ2v) is 9.05. The molecule has 1 atom stereocenters. The highest BCUT2D eigenvalue weighted by molar-refractivity contribution is 5.81. The van der Waals surface area contributed by atoms with Crippen molar-refractivity contribution in [1.29, 1.82) is 5.26 Å². The number of carbonyl (C=O) groups is 1. The molecule has 2 aromatic carbocycles. The average Bonchev–Trinajstić information content (AvgIpc) is 3.46. The smallest absolute Gasteiger partial charge is 0.249 e. The third-order valence-electron chi connectivity index (χ3n) is 6.86. The molecular weight excluding hydrogens is 445 g/mol. The number of hydroxylamine groups is 2. The van der Waals surface area contributed by atoms with Crippen LogP contribution < -0.4 is 0 Å². The molecule has 0 N–H and O–H groups in total. The first-order valence-electron chi connectivity index (χ1n) is 11.4. The molecule has 0 spiro atoms. The van der Waals surface area contributed by atoms with Crippen molar-refractivity contribution in [3.63, 3.8) is 0 Å². The van der Waals surface area contributed by atoms with Crippen molar-refractivity contribution in [1.82, 2.24) is 14.8 Å². The van der Waals surface area contributed by atoms with Crippen LogP contribution >= 0.6 is 0 Å². The highest BCUT2D eigenvalue weighted by atomic mass is 19.1. The van der Waals surface area contributed by atoms with Crippen molar-refractivity contribution in [2.24, 2.45) is 11.8 Å². The van der Waals surface area contributed by atoms with Crippen molar-refractivity contribution in [3.05, 3.63) is 65.1 Å². The van der Waals surface area contributed by atoms with E-state index in [9.17, 15) is 18.0 Å². The Bertz CT molecular complexity index is 1260. The van der Waals surface area contributed by atoms with Crippen LogP contribution in [0.1, 0.15) is 49.3 Å². The van der Waals surface area contributed by atoms with Gasteiger partial charge in [0.25, 0.3) is 0 Å². The minimum Gasteiger partial charge on any atom is -0.272 e. The lowest BCUT2D eigenvalue weighted by Crippen LogP contribution is -2.37. The van der Waals surface area contributed by atoms with Gasteiger partial charge in [0.2, 0.25) is 5.91 Å². The third kappa shape index (κ3) is 4.26. The summed E-state index contributed by atoms with van der Waals surface area (Å²) < 4.78 is 43.3. The van der Waals surface area contributed by atoms with Crippen LogP contribution in [-0.2, 0) is 16.2 Å². The van der Waals surface area contributed by atoms with Crippen molar-refractivity contribution in [2.45, 2.75) is 44.7 Å². The van der Waals surface area contributed by atoms with Crippen LogP contribution in [0.15, 0.2) is 36.5 Å². The number of aromatic nitrogens is 2. The molecular formula is C25H23F3N4O2. The maximum absolute atomic E-state index is 14.2. The first-order chi connectivity index (χ1) is 16.4. The molecule has 1 saturated heterocycles. The van der Waals surface area contributed by atoms with Gasteiger partial charge in [0.1, 0.15) is 17.5 Å². The molecule has 6 nitrogen and oxygen atoms in total. The molecule has 1 aromatic heterocycles. The Kier molecular flexibility index (Phi) is 6.00. The minimum absolute atomic E-state index is 0.157. The van der Waals surface area contributed by atoms with Gasteiger partial charge in [-0.2, -0.15) is 10.4 Å². The second-order valence-electron chi connectivity index (χ2n) is 9.05. The number of nitriles is 1. The number of halogens is 3. The first kappa shape index (κ1) is 22.4. The molecule has 5 rings (SSSR count). The van der Waals surface area contributed by atoms with E-state index in [2.05, 4.69) is 5.10 Å². The Morgan fingerprint density at radius 1 is 1.06 bits per heavy atom. The highest BCUT2D eigenvalue weighted by Crippen LogP contribution is 2.37. The van der Waals surface area contributed by atoms with Gasteiger partial charge >= 0.3 is 0 Å². The van der Waals surface area contributed by atoms with E-state index in [1.807, 2.05) is 6.07 Å². The van der Waals surface area contributed by atoms with Gasteiger partial charge in [-0.05, 0) is 61.4 Å². The Morgan fingerprint density at radius 2 is 1.79 bits per heavy atom. The number of nitrogens with zero attached hydrogens (tertiary/aromatic N) is 4. The summed E-state index contributed by atoms with van der Waals surface area (Å²) in [7, 11) is 0. The fourth-order valence-corrected chi connectivity index (χ4v) is 5.12. The van der Waals surface area contributed by atoms with Crippen molar-refractivity contribution in [2.75, 3.05) is 6.61 Å². The first-order valence-corrected chi connectivity index (χ1v) is 11.4. The Labute approximate surface area is 194 Å². The molecule has 2 heterocycles. The van der Waals surface area contributed by atoms with Gasteiger partial charge in [0.15, 0.2) is 0 Å². The van der Waals surface area contributed by atoms with E-state index < -0.39 is 23.5 Å². The molecule has 1 amide bonds. The van der Waals surface area contributed by atoms with Gasteiger partial charge < -0.3 is 0 Å². The number of hydrogen-bond donors (Lipinski definition) is 0. The van der Waals surface area contributed by atoms with E-state index in [1.165, 1.54) is 29.5 Å². The normalized spacial score (nSPS) is 22.8. The van der Waals surface area contributed by atoms with E-state index >= 15 is 0 Å². The molecule has 34 heavy (non-hydrogen) atoms. The predicted octanol–water partition coefficient (Wildman–Crippen LogP) is 5.04. The van der Waals surface area contributed by atoms with Gasteiger partial charge in [-0.3, -0.25) is 14.3 Å². The zero-order chi connectivity index (χ0) is 23.8. The lowest BCUT2D eigenvalue weighted by Gasteiger charge is -2.32. The van der Waals surface area contributed by atoms with Crippen molar-refractivity contribution >= 4 is 16.8 Å². The number of benzene rings is 2. The molecule has 1 aliphatic carbocycles. The Balaban J connectivity index is 1.24. The lowest BCUT2D eigenvalue weighted by molar-refractivity contribution is -0.183. The maximum atomic E-state index is 14.2. The minimum atomic E-state index is -0.678. The summed E-state index contributed by atoms with van der Waals surface area (Å²) in [6, 6.07) is 7.61. The fraction of sp³-hybridized carbons (Fsp3) is 0.400. The molecule has 176 valence electrons. The SMILES string of the molecule is N#Cc1cc(F)c2cnn(C[C@H]3CC[C@H](C(=O)N4OCC[C@H]4c4cc(F)cc(F)c4)CC3)c2c1. The third-order valence-corrected chi connectivity index (χ3v) is 6.86. The van der Waals surface area contributed by atoms with E-state index in [4.69, 9.17) is 10.1 Å². The van der Waals surface area contributed by atoms with Crippen molar-refractivity contribution < 1.29 is 22.8 Å². The summed E-state index contributed by atoms with van der Waals surface area (Å²) in [4.78, 5) is 18.8. The molecule has 1 aliphatic heterocycles. The Morgan fingerprint density at radius 3 is 2.50 bits per heavy atom. The number of hydrogen-bond acceptors (Lipinski definition) is 4. The summed E-state index contributed by atoms with van der Waals surface area (Å²) in [5, 5.41) is 15.1.